The van der Waals surface area contributed by atoms with Crippen LogP contribution in [-0.2, 0) is 9.53 Å². The van der Waals surface area contributed by atoms with Crippen molar-refractivity contribution in [2.75, 3.05) is 7.11 Å². The van der Waals surface area contributed by atoms with Crippen molar-refractivity contribution in [2.24, 2.45) is 10.9 Å². The van der Waals surface area contributed by atoms with Crippen LogP contribution in [-0.4, -0.2) is 18.6 Å². The largest absolute Gasteiger partial charge is 0.495 e. The fraction of sp³-hybridized carbons (Fsp3) is 0.385. The molecule has 16 heavy (non-hydrogen) atoms. The third-order valence-corrected chi connectivity index (χ3v) is 2.70. The standard InChI is InChI=1S/C13H15NO2/c1-3-5-9-8-11(15)10-6-4-7-12(16-2)13(10)14-9/h4,6-8,10H,3,5H2,1-2H3. The van der Waals surface area contributed by atoms with E-state index in [2.05, 4.69) is 11.9 Å². The molecule has 2 rings (SSSR count). The highest BCUT2D eigenvalue weighted by Crippen LogP contribution is 2.25. The van der Waals surface area contributed by atoms with E-state index in [1.165, 1.54) is 0 Å². The molecule has 0 N–H and O–H groups in total. The van der Waals surface area contributed by atoms with Crippen LogP contribution in [0.2, 0.25) is 0 Å². The van der Waals surface area contributed by atoms with Gasteiger partial charge in [-0.2, -0.15) is 0 Å². The highest BCUT2D eigenvalue weighted by molar-refractivity contribution is 6.19. The number of carbonyl (C=O) groups excluding carboxylic acids is 1. The molecule has 0 amide bonds. The van der Waals surface area contributed by atoms with Crippen molar-refractivity contribution in [2.45, 2.75) is 19.8 Å². The number of ketones is 1. The van der Waals surface area contributed by atoms with Gasteiger partial charge in [-0.05, 0) is 12.5 Å². The zero-order valence-electron chi connectivity index (χ0n) is 9.56. The molecule has 1 aliphatic heterocycles. The van der Waals surface area contributed by atoms with E-state index >= 15 is 0 Å². The van der Waals surface area contributed by atoms with Crippen LogP contribution in [0.5, 0.6) is 0 Å². The van der Waals surface area contributed by atoms with E-state index in [1.807, 2.05) is 18.2 Å². The van der Waals surface area contributed by atoms with Gasteiger partial charge in [0.2, 0.25) is 0 Å². The number of ether oxygens (including phenoxy) is 1. The van der Waals surface area contributed by atoms with Crippen LogP contribution in [0.4, 0.5) is 0 Å². The van der Waals surface area contributed by atoms with E-state index in [-0.39, 0.29) is 11.7 Å². The molecular weight excluding hydrogens is 202 g/mol. The maximum Gasteiger partial charge on any atom is 0.170 e. The topological polar surface area (TPSA) is 38.7 Å². The highest BCUT2D eigenvalue weighted by Gasteiger charge is 2.29. The van der Waals surface area contributed by atoms with Gasteiger partial charge in [-0.25, -0.2) is 0 Å². The lowest BCUT2D eigenvalue weighted by Crippen LogP contribution is -2.28. The van der Waals surface area contributed by atoms with Gasteiger partial charge in [-0.1, -0.05) is 25.5 Å². The number of aliphatic imine (C=N–C) groups is 1. The molecule has 0 aromatic heterocycles. The summed E-state index contributed by atoms with van der Waals surface area (Å²) >= 11 is 0. The number of hydrogen-bond donors (Lipinski definition) is 0. The number of nitrogens with zero attached hydrogens (tertiary/aromatic N) is 1. The van der Waals surface area contributed by atoms with Crippen molar-refractivity contribution in [1.82, 2.24) is 0 Å². The summed E-state index contributed by atoms with van der Waals surface area (Å²) in [6.45, 7) is 2.07. The second-order valence-electron chi connectivity index (χ2n) is 3.88. The fourth-order valence-corrected chi connectivity index (χ4v) is 1.94. The summed E-state index contributed by atoms with van der Waals surface area (Å²) in [4.78, 5) is 16.4. The van der Waals surface area contributed by atoms with E-state index in [1.54, 1.807) is 13.2 Å². The molecule has 2 aliphatic rings. The Bertz CT molecular complexity index is 427. The Balaban J connectivity index is 2.35. The van der Waals surface area contributed by atoms with Crippen LogP contribution >= 0.6 is 0 Å². The Hall–Kier alpha value is -1.64. The van der Waals surface area contributed by atoms with E-state index in [9.17, 15) is 4.79 Å². The molecule has 1 heterocycles. The Morgan fingerprint density at radius 1 is 1.50 bits per heavy atom. The van der Waals surface area contributed by atoms with Crippen molar-refractivity contribution in [1.29, 1.82) is 0 Å². The van der Waals surface area contributed by atoms with Crippen molar-refractivity contribution in [3.05, 3.63) is 35.8 Å². The lowest BCUT2D eigenvalue weighted by molar-refractivity contribution is -0.115. The van der Waals surface area contributed by atoms with Gasteiger partial charge in [-0.15, -0.1) is 0 Å². The van der Waals surface area contributed by atoms with Crippen LogP contribution in [0.3, 0.4) is 0 Å². The summed E-state index contributed by atoms with van der Waals surface area (Å²) in [6.07, 6.45) is 9.03. The van der Waals surface area contributed by atoms with Gasteiger partial charge in [0.25, 0.3) is 0 Å². The van der Waals surface area contributed by atoms with Crippen LogP contribution < -0.4 is 0 Å². The smallest absolute Gasteiger partial charge is 0.170 e. The molecule has 84 valence electrons. The molecule has 1 atom stereocenters. The first-order chi connectivity index (χ1) is 7.76. The van der Waals surface area contributed by atoms with E-state index in [0.29, 0.717) is 5.76 Å². The quantitative estimate of drug-likeness (QED) is 0.728. The van der Waals surface area contributed by atoms with Crippen LogP contribution in [0, 0.1) is 5.92 Å². The molecule has 0 fully saturated rings. The third kappa shape index (κ3) is 1.85. The molecule has 0 spiro atoms. The minimum Gasteiger partial charge on any atom is -0.495 e. The summed E-state index contributed by atoms with van der Waals surface area (Å²) in [6, 6.07) is 0. The number of carbonyl (C=O) groups is 1. The molecule has 3 nitrogen and oxygen atoms in total. The minimum absolute atomic E-state index is 0.104. The molecule has 0 aromatic carbocycles. The van der Waals surface area contributed by atoms with Gasteiger partial charge in [0.1, 0.15) is 5.76 Å². The molecule has 0 bridgehead atoms. The first-order valence-corrected chi connectivity index (χ1v) is 5.52. The summed E-state index contributed by atoms with van der Waals surface area (Å²) in [7, 11) is 1.60. The van der Waals surface area contributed by atoms with E-state index in [4.69, 9.17) is 4.74 Å². The molecule has 1 aliphatic carbocycles. The van der Waals surface area contributed by atoms with Crippen molar-refractivity contribution < 1.29 is 9.53 Å². The predicted octanol–water partition coefficient (Wildman–Crippen LogP) is 2.41. The molecule has 1 unspecified atom stereocenters. The Morgan fingerprint density at radius 2 is 2.31 bits per heavy atom. The SMILES string of the molecule is CCCC1=CC(=O)C2C=CC=C(OC)C2=N1. The molecule has 0 saturated heterocycles. The predicted molar refractivity (Wildman–Crippen MR) is 63.2 cm³/mol. The fourth-order valence-electron chi connectivity index (χ4n) is 1.94. The number of fused-ring (bicyclic) bond motifs is 1. The maximum absolute atomic E-state index is 11.9. The summed E-state index contributed by atoms with van der Waals surface area (Å²) < 4.78 is 5.24. The normalized spacial score (nSPS) is 23.2. The van der Waals surface area contributed by atoms with E-state index < -0.39 is 0 Å². The van der Waals surface area contributed by atoms with Gasteiger partial charge in [-0.3, -0.25) is 9.79 Å². The van der Waals surface area contributed by atoms with Gasteiger partial charge in [0, 0.05) is 11.8 Å². The van der Waals surface area contributed by atoms with Gasteiger partial charge in [0.05, 0.1) is 18.7 Å². The summed E-state index contributed by atoms with van der Waals surface area (Å²) in [5.41, 5.74) is 1.61. The summed E-state index contributed by atoms with van der Waals surface area (Å²) in [5, 5.41) is 0. The van der Waals surface area contributed by atoms with Gasteiger partial charge in [0.15, 0.2) is 5.78 Å². The zero-order valence-corrected chi connectivity index (χ0v) is 9.56. The zero-order chi connectivity index (χ0) is 11.5. The average Bonchev–Trinajstić information content (AvgIpc) is 2.29. The van der Waals surface area contributed by atoms with Crippen molar-refractivity contribution >= 4 is 11.5 Å². The highest BCUT2D eigenvalue weighted by atomic mass is 16.5. The Kier molecular flexibility index (Phi) is 3.04. The van der Waals surface area contributed by atoms with Crippen LogP contribution in [0.25, 0.3) is 0 Å². The lowest BCUT2D eigenvalue weighted by atomic mass is 9.89. The van der Waals surface area contributed by atoms with Crippen molar-refractivity contribution in [3.63, 3.8) is 0 Å². The second kappa shape index (κ2) is 4.47. The lowest BCUT2D eigenvalue weighted by Gasteiger charge is -2.22. The van der Waals surface area contributed by atoms with Crippen LogP contribution in [0.1, 0.15) is 19.8 Å². The Morgan fingerprint density at radius 3 is 3.00 bits per heavy atom. The first-order valence-electron chi connectivity index (χ1n) is 5.52. The molecule has 0 aromatic rings. The van der Waals surface area contributed by atoms with Gasteiger partial charge < -0.3 is 4.74 Å². The first kappa shape index (κ1) is 10.9. The number of methoxy groups -OCH3 is 1. The van der Waals surface area contributed by atoms with Crippen LogP contribution in [0.15, 0.2) is 40.8 Å². The molecule has 0 saturated carbocycles. The molecule has 0 radical (unpaired) electrons. The van der Waals surface area contributed by atoms with E-state index in [0.717, 1.165) is 24.3 Å². The van der Waals surface area contributed by atoms with Crippen molar-refractivity contribution in [3.8, 4) is 0 Å². The monoisotopic (exact) mass is 217 g/mol. The molecular formula is C13H15NO2. The maximum atomic E-state index is 11.9. The number of hydrogen-bond acceptors (Lipinski definition) is 3. The summed E-state index contributed by atoms with van der Waals surface area (Å²) in [5.74, 6) is 0.551. The number of rotatable bonds is 3. The average molecular weight is 217 g/mol. The third-order valence-electron chi connectivity index (χ3n) is 2.70. The second-order valence-corrected chi connectivity index (χ2v) is 3.88. The molecule has 3 heteroatoms. The van der Waals surface area contributed by atoms with Gasteiger partial charge >= 0.3 is 0 Å². The number of allylic oxidation sites excluding steroid dienone is 6. The minimum atomic E-state index is -0.249. The Labute approximate surface area is 95.2 Å².